The van der Waals surface area contributed by atoms with Crippen molar-refractivity contribution in [1.29, 1.82) is 0 Å². The monoisotopic (exact) mass is 322 g/mol. The van der Waals surface area contributed by atoms with Crippen molar-refractivity contribution in [3.05, 3.63) is 23.0 Å². The molecule has 0 saturated heterocycles. The summed E-state index contributed by atoms with van der Waals surface area (Å²) in [6, 6.07) is 1.77. The van der Waals surface area contributed by atoms with Gasteiger partial charge in [0.25, 0.3) is 0 Å². The minimum absolute atomic E-state index is 0.156. The Bertz CT molecular complexity index is 588. The summed E-state index contributed by atoms with van der Waals surface area (Å²) in [5, 5.41) is -0.161. The van der Waals surface area contributed by atoms with Gasteiger partial charge in [-0.25, -0.2) is 12.8 Å². The SMILES string of the molecule is CC(C)CN(C(C)C)S(=O)(=O)c1cc(N)c(F)cc1Cl. The highest BCUT2D eigenvalue weighted by atomic mass is 35.5. The highest BCUT2D eigenvalue weighted by molar-refractivity contribution is 7.89. The summed E-state index contributed by atoms with van der Waals surface area (Å²) in [4.78, 5) is -0.160. The summed E-state index contributed by atoms with van der Waals surface area (Å²) in [6.07, 6.45) is 0. The molecule has 7 heteroatoms. The second-order valence-electron chi connectivity index (χ2n) is 5.37. The largest absolute Gasteiger partial charge is 0.396 e. The van der Waals surface area contributed by atoms with Crippen molar-refractivity contribution in [3.63, 3.8) is 0 Å². The predicted octanol–water partition coefficient (Wildman–Crippen LogP) is 3.12. The first-order valence-corrected chi connectivity index (χ1v) is 8.15. The van der Waals surface area contributed by atoms with Gasteiger partial charge in [0.05, 0.1) is 10.7 Å². The van der Waals surface area contributed by atoms with Crippen LogP contribution in [0.5, 0.6) is 0 Å². The molecule has 0 aromatic heterocycles. The second kappa shape index (κ2) is 6.28. The zero-order chi connectivity index (χ0) is 15.7. The summed E-state index contributed by atoms with van der Waals surface area (Å²) in [5.74, 6) is -0.572. The summed E-state index contributed by atoms with van der Waals surface area (Å²) >= 11 is 5.87. The first kappa shape index (κ1) is 17.2. The highest BCUT2D eigenvalue weighted by Crippen LogP contribution is 2.30. The quantitative estimate of drug-likeness (QED) is 0.847. The smallest absolute Gasteiger partial charge is 0.244 e. The van der Waals surface area contributed by atoms with Gasteiger partial charge in [-0.05, 0) is 31.9 Å². The van der Waals surface area contributed by atoms with Crippen LogP contribution in [0.25, 0.3) is 0 Å². The molecule has 0 aliphatic carbocycles. The average Bonchev–Trinajstić information content (AvgIpc) is 2.29. The fraction of sp³-hybridized carbons (Fsp3) is 0.538. The summed E-state index contributed by atoms with van der Waals surface area (Å²) < 4.78 is 40.0. The average molecular weight is 323 g/mol. The molecule has 0 heterocycles. The fourth-order valence-corrected chi connectivity index (χ4v) is 4.14. The molecule has 0 bridgehead atoms. The molecule has 0 saturated carbocycles. The molecule has 20 heavy (non-hydrogen) atoms. The van der Waals surface area contributed by atoms with Crippen molar-refractivity contribution in [2.75, 3.05) is 12.3 Å². The Kier molecular flexibility index (Phi) is 5.40. The number of nitrogen functional groups attached to an aromatic ring is 1. The van der Waals surface area contributed by atoms with E-state index in [9.17, 15) is 12.8 Å². The third-order valence-electron chi connectivity index (χ3n) is 2.76. The lowest BCUT2D eigenvalue weighted by Gasteiger charge is -2.28. The molecular formula is C13H20ClFN2O2S. The minimum Gasteiger partial charge on any atom is -0.396 e. The van der Waals surface area contributed by atoms with Crippen molar-refractivity contribution < 1.29 is 12.8 Å². The van der Waals surface area contributed by atoms with E-state index in [1.54, 1.807) is 13.8 Å². The number of nitrogens with two attached hydrogens (primary N) is 1. The Morgan fingerprint density at radius 1 is 1.30 bits per heavy atom. The van der Waals surface area contributed by atoms with Gasteiger partial charge in [0.2, 0.25) is 10.0 Å². The van der Waals surface area contributed by atoms with Crippen LogP contribution in [0.2, 0.25) is 5.02 Å². The second-order valence-corrected chi connectivity index (χ2v) is 7.63. The van der Waals surface area contributed by atoms with Gasteiger partial charge in [0.1, 0.15) is 10.7 Å². The van der Waals surface area contributed by atoms with Crippen LogP contribution < -0.4 is 5.73 Å². The number of hydrogen-bond acceptors (Lipinski definition) is 3. The lowest BCUT2D eigenvalue weighted by Crippen LogP contribution is -2.39. The van der Waals surface area contributed by atoms with Gasteiger partial charge in [-0.3, -0.25) is 0 Å². The lowest BCUT2D eigenvalue weighted by atomic mass is 10.2. The van der Waals surface area contributed by atoms with Crippen LogP contribution in [0.3, 0.4) is 0 Å². The molecule has 0 fully saturated rings. The summed E-state index contributed by atoms with van der Waals surface area (Å²) in [7, 11) is -3.81. The number of anilines is 1. The maximum atomic E-state index is 13.3. The Hall–Kier alpha value is -0.850. The van der Waals surface area contributed by atoms with Gasteiger partial charge < -0.3 is 5.73 Å². The predicted molar refractivity (Wildman–Crippen MR) is 79.7 cm³/mol. The van der Waals surface area contributed by atoms with Crippen molar-refractivity contribution in [1.82, 2.24) is 4.31 Å². The Morgan fingerprint density at radius 2 is 1.85 bits per heavy atom. The first-order valence-electron chi connectivity index (χ1n) is 6.33. The molecule has 0 atom stereocenters. The number of hydrogen-bond donors (Lipinski definition) is 1. The summed E-state index contributed by atoms with van der Waals surface area (Å²) in [5.41, 5.74) is 5.21. The van der Waals surface area contributed by atoms with Crippen molar-refractivity contribution in [2.45, 2.75) is 38.6 Å². The van der Waals surface area contributed by atoms with Crippen molar-refractivity contribution in [2.24, 2.45) is 5.92 Å². The van der Waals surface area contributed by atoms with Crippen molar-refractivity contribution >= 4 is 27.3 Å². The molecular weight excluding hydrogens is 303 g/mol. The Balaban J connectivity index is 3.37. The molecule has 0 spiro atoms. The van der Waals surface area contributed by atoms with E-state index in [1.807, 2.05) is 13.8 Å². The number of rotatable bonds is 5. The number of halogens is 2. The molecule has 1 aromatic rings. The van der Waals surface area contributed by atoms with E-state index in [0.717, 1.165) is 12.1 Å². The van der Waals surface area contributed by atoms with Crippen LogP contribution in [0.1, 0.15) is 27.7 Å². The zero-order valence-corrected chi connectivity index (χ0v) is 13.6. The van der Waals surface area contributed by atoms with Gasteiger partial charge in [-0.2, -0.15) is 4.31 Å². The third-order valence-corrected chi connectivity index (χ3v) is 5.27. The fourth-order valence-electron chi connectivity index (χ4n) is 1.82. The Morgan fingerprint density at radius 3 is 2.30 bits per heavy atom. The maximum absolute atomic E-state index is 13.3. The maximum Gasteiger partial charge on any atom is 0.244 e. The number of benzene rings is 1. The molecule has 1 rings (SSSR count). The zero-order valence-electron chi connectivity index (χ0n) is 12.0. The summed E-state index contributed by atoms with van der Waals surface area (Å²) in [6.45, 7) is 7.76. The molecule has 1 aromatic carbocycles. The van der Waals surface area contributed by atoms with E-state index < -0.39 is 15.8 Å². The van der Waals surface area contributed by atoms with Crippen LogP contribution in [-0.2, 0) is 10.0 Å². The molecule has 0 aliphatic heterocycles. The first-order chi connectivity index (χ1) is 9.07. The van der Waals surface area contributed by atoms with Crippen LogP contribution >= 0.6 is 11.6 Å². The van der Waals surface area contributed by atoms with Crippen molar-refractivity contribution in [3.8, 4) is 0 Å². The molecule has 0 aliphatic rings. The molecule has 114 valence electrons. The van der Waals surface area contributed by atoms with Crippen LogP contribution in [0.15, 0.2) is 17.0 Å². The standard InChI is InChI=1S/C13H20ClFN2O2S/c1-8(2)7-17(9(3)4)20(18,19)13-6-12(16)11(15)5-10(13)14/h5-6,8-9H,7,16H2,1-4H3. The number of nitrogens with zero attached hydrogens (tertiary/aromatic N) is 1. The normalized spacial score (nSPS) is 12.7. The third kappa shape index (κ3) is 3.62. The highest BCUT2D eigenvalue weighted by Gasteiger charge is 2.30. The van der Waals surface area contributed by atoms with Gasteiger partial charge >= 0.3 is 0 Å². The Labute approximate surface area is 124 Å². The lowest BCUT2D eigenvalue weighted by molar-refractivity contribution is 0.319. The van der Waals surface area contributed by atoms with E-state index >= 15 is 0 Å². The molecule has 0 amide bonds. The van der Waals surface area contributed by atoms with Gasteiger partial charge in [0.15, 0.2) is 0 Å². The van der Waals surface area contributed by atoms with E-state index in [1.165, 1.54) is 4.31 Å². The van der Waals surface area contributed by atoms with Crippen LogP contribution in [-0.4, -0.2) is 25.3 Å². The minimum atomic E-state index is -3.81. The molecule has 4 nitrogen and oxygen atoms in total. The van der Waals surface area contributed by atoms with Gasteiger partial charge in [-0.15, -0.1) is 0 Å². The number of sulfonamides is 1. The van der Waals surface area contributed by atoms with Crippen LogP contribution in [0.4, 0.5) is 10.1 Å². The molecule has 0 radical (unpaired) electrons. The van der Waals surface area contributed by atoms with E-state index in [4.69, 9.17) is 17.3 Å². The van der Waals surface area contributed by atoms with Gasteiger partial charge in [-0.1, -0.05) is 25.4 Å². The van der Waals surface area contributed by atoms with E-state index in [-0.39, 0.29) is 27.6 Å². The molecule has 2 N–H and O–H groups in total. The van der Waals surface area contributed by atoms with Crippen LogP contribution in [0, 0.1) is 11.7 Å². The van der Waals surface area contributed by atoms with E-state index in [0.29, 0.717) is 6.54 Å². The molecule has 0 unspecified atom stereocenters. The van der Waals surface area contributed by atoms with Gasteiger partial charge in [0, 0.05) is 12.6 Å². The topological polar surface area (TPSA) is 63.4 Å². The van der Waals surface area contributed by atoms with E-state index in [2.05, 4.69) is 0 Å².